The molecule has 7 heteroatoms. The predicted octanol–water partition coefficient (Wildman–Crippen LogP) is 1.79. The van der Waals surface area contributed by atoms with Crippen LogP contribution in [-0.2, 0) is 11.4 Å². The molecule has 20 heavy (non-hydrogen) atoms. The Morgan fingerprint density at radius 3 is 2.95 bits per heavy atom. The van der Waals surface area contributed by atoms with Gasteiger partial charge in [-0.25, -0.2) is 10.4 Å². The zero-order valence-electron chi connectivity index (χ0n) is 11.8. The smallest absolute Gasteiger partial charge is 0.251 e. The van der Waals surface area contributed by atoms with E-state index in [0.717, 1.165) is 0 Å². The Morgan fingerprint density at radius 2 is 2.20 bits per heavy atom. The summed E-state index contributed by atoms with van der Waals surface area (Å²) in [7, 11) is 1.85. The summed E-state index contributed by atoms with van der Waals surface area (Å²) in [5.41, 5.74) is 3.24. The van der Waals surface area contributed by atoms with Crippen LogP contribution in [-0.4, -0.2) is 34.7 Å². The number of hydrazine groups is 1. The molecule has 0 aromatic carbocycles. The van der Waals surface area contributed by atoms with Gasteiger partial charge in [0.1, 0.15) is 11.4 Å². The SMILES string of the molecule is CC1NN(C)C(N[S+]([O-])C2=CCC=C(Cl)C=C2)=N[C@@H]1C. The minimum Gasteiger partial charge on any atom is -0.588 e. The first kappa shape index (κ1) is 15.4. The summed E-state index contributed by atoms with van der Waals surface area (Å²) in [5, 5.41) is 2.42. The second kappa shape index (κ2) is 6.67. The lowest BCUT2D eigenvalue weighted by Crippen LogP contribution is -2.57. The second-order valence-electron chi connectivity index (χ2n) is 4.81. The highest BCUT2D eigenvalue weighted by atomic mass is 35.5. The summed E-state index contributed by atoms with van der Waals surface area (Å²) < 4.78 is 15.3. The number of allylic oxidation sites excluding steroid dienone is 5. The molecular weight excluding hydrogens is 296 g/mol. The van der Waals surface area contributed by atoms with Crippen LogP contribution in [0, 0.1) is 0 Å². The van der Waals surface area contributed by atoms with E-state index >= 15 is 0 Å². The molecule has 2 N–H and O–H groups in total. The van der Waals surface area contributed by atoms with Gasteiger partial charge in [-0.05, 0) is 38.5 Å². The Balaban J connectivity index is 2.05. The van der Waals surface area contributed by atoms with Gasteiger partial charge in [-0.3, -0.25) is 5.01 Å². The molecule has 3 atom stereocenters. The van der Waals surface area contributed by atoms with E-state index in [1.54, 1.807) is 17.2 Å². The molecule has 0 fully saturated rings. The molecule has 0 spiro atoms. The van der Waals surface area contributed by atoms with Crippen LogP contribution in [0.25, 0.3) is 0 Å². The van der Waals surface area contributed by atoms with Crippen LogP contribution in [0.5, 0.6) is 0 Å². The molecule has 0 bridgehead atoms. The third kappa shape index (κ3) is 3.79. The summed E-state index contributed by atoms with van der Waals surface area (Å²) in [5.74, 6) is 0.575. The summed E-state index contributed by atoms with van der Waals surface area (Å²) in [6.45, 7) is 4.08. The number of hydrogen-bond donors (Lipinski definition) is 2. The lowest BCUT2D eigenvalue weighted by Gasteiger charge is -2.33. The Hall–Kier alpha value is -0.950. The number of halogens is 1. The first-order valence-electron chi connectivity index (χ1n) is 6.47. The molecule has 1 heterocycles. The van der Waals surface area contributed by atoms with Gasteiger partial charge in [0.25, 0.3) is 5.96 Å². The fraction of sp³-hybridized carbons (Fsp3) is 0.462. The maximum absolute atomic E-state index is 12.3. The van der Waals surface area contributed by atoms with Crippen LogP contribution in [0.2, 0.25) is 0 Å². The standard InChI is InChI=1S/C13H19ClN4OS/c1-9-10(2)16-18(3)13(15-9)17-20(19)12-6-4-5-11(14)7-8-12/h5-10,16H,4H2,1-3H3,(H,15,17)/t9-,10?,20?/m1/s1. The maximum atomic E-state index is 12.3. The van der Waals surface area contributed by atoms with Gasteiger partial charge in [-0.15, -0.1) is 0 Å². The van der Waals surface area contributed by atoms with E-state index < -0.39 is 11.4 Å². The van der Waals surface area contributed by atoms with Crippen LogP contribution < -0.4 is 10.1 Å². The molecule has 1 aliphatic heterocycles. The highest BCUT2D eigenvalue weighted by Gasteiger charge is 2.26. The Morgan fingerprint density at radius 1 is 1.45 bits per heavy atom. The molecule has 1 aliphatic carbocycles. The third-order valence-electron chi connectivity index (χ3n) is 3.20. The third-order valence-corrected chi connectivity index (χ3v) is 4.58. The lowest BCUT2D eigenvalue weighted by atomic mass is 10.2. The molecule has 5 nitrogen and oxygen atoms in total. The lowest BCUT2D eigenvalue weighted by molar-refractivity contribution is 0.263. The van der Waals surface area contributed by atoms with Crippen LogP contribution in [0.3, 0.4) is 0 Å². The van der Waals surface area contributed by atoms with Crippen molar-refractivity contribution in [1.82, 2.24) is 15.2 Å². The molecule has 0 radical (unpaired) electrons. The number of aliphatic imine (C=N–C) groups is 1. The van der Waals surface area contributed by atoms with Crippen molar-refractivity contribution >= 4 is 28.9 Å². The average molecular weight is 315 g/mol. The largest absolute Gasteiger partial charge is 0.588 e. The highest BCUT2D eigenvalue weighted by molar-refractivity contribution is 7.94. The van der Waals surface area contributed by atoms with Gasteiger partial charge in [0.05, 0.1) is 6.04 Å². The molecule has 0 aromatic heterocycles. The second-order valence-corrected chi connectivity index (χ2v) is 6.45. The zero-order valence-corrected chi connectivity index (χ0v) is 13.3. The van der Waals surface area contributed by atoms with E-state index in [1.165, 1.54) is 0 Å². The number of nitrogens with zero attached hydrogens (tertiary/aromatic N) is 2. The Kier molecular flexibility index (Phi) is 5.15. The average Bonchev–Trinajstić information content (AvgIpc) is 2.61. The van der Waals surface area contributed by atoms with E-state index in [2.05, 4.69) is 22.1 Å². The van der Waals surface area contributed by atoms with Crippen molar-refractivity contribution in [3.05, 3.63) is 34.2 Å². The molecule has 2 unspecified atom stereocenters. The molecule has 0 saturated carbocycles. The van der Waals surface area contributed by atoms with Crippen molar-refractivity contribution in [1.29, 1.82) is 0 Å². The zero-order chi connectivity index (χ0) is 14.7. The van der Waals surface area contributed by atoms with Gasteiger partial charge in [-0.1, -0.05) is 17.7 Å². The van der Waals surface area contributed by atoms with Crippen molar-refractivity contribution in [2.45, 2.75) is 32.4 Å². The van der Waals surface area contributed by atoms with E-state index in [4.69, 9.17) is 11.6 Å². The van der Waals surface area contributed by atoms with E-state index in [1.807, 2.05) is 26.1 Å². The maximum Gasteiger partial charge on any atom is 0.251 e. The minimum atomic E-state index is -1.36. The van der Waals surface area contributed by atoms with Gasteiger partial charge >= 0.3 is 0 Å². The monoisotopic (exact) mass is 314 g/mol. The molecule has 0 amide bonds. The van der Waals surface area contributed by atoms with Gasteiger partial charge in [0.15, 0.2) is 4.91 Å². The molecule has 0 aromatic rings. The highest BCUT2D eigenvalue weighted by Crippen LogP contribution is 2.17. The summed E-state index contributed by atoms with van der Waals surface area (Å²) >= 11 is 4.56. The topological polar surface area (TPSA) is 62.7 Å². The number of hydrogen-bond acceptors (Lipinski definition) is 5. The number of rotatable bonds is 2. The van der Waals surface area contributed by atoms with Crippen LogP contribution in [0.1, 0.15) is 20.3 Å². The van der Waals surface area contributed by atoms with Crippen LogP contribution in [0.15, 0.2) is 39.2 Å². The van der Waals surface area contributed by atoms with Crippen molar-refractivity contribution in [2.75, 3.05) is 7.05 Å². The first-order valence-corrected chi connectivity index (χ1v) is 8.00. The molecular formula is C13H19ClN4OS. The summed E-state index contributed by atoms with van der Waals surface area (Å²) in [4.78, 5) is 5.20. The van der Waals surface area contributed by atoms with Gasteiger partial charge in [0.2, 0.25) is 0 Å². The summed E-state index contributed by atoms with van der Waals surface area (Å²) in [6, 6.07) is 0.374. The minimum absolute atomic E-state index is 0.125. The Labute approximate surface area is 127 Å². The fourth-order valence-corrected chi connectivity index (χ4v) is 2.89. The molecule has 110 valence electrons. The molecule has 2 aliphatic rings. The van der Waals surface area contributed by atoms with Crippen molar-refractivity contribution < 1.29 is 4.55 Å². The van der Waals surface area contributed by atoms with Crippen LogP contribution in [0.4, 0.5) is 0 Å². The van der Waals surface area contributed by atoms with Crippen molar-refractivity contribution in [3.63, 3.8) is 0 Å². The molecule has 0 saturated heterocycles. The van der Waals surface area contributed by atoms with Gasteiger partial charge in [-0.2, -0.15) is 4.72 Å². The van der Waals surface area contributed by atoms with Crippen LogP contribution >= 0.6 is 11.6 Å². The fourth-order valence-electron chi connectivity index (χ4n) is 1.83. The predicted molar refractivity (Wildman–Crippen MR) is 84.3 cm³/mol. The van der Waals surface area contributed by atoms with E-state index in [-0.39, 0.29) is 12.1 Å². The summed E-state index contributed by atoms with van der Waals surface area (Å²) in [6.07, 6.45) is 7.94. The Bertz CT molecular complexity index is 489. The van der Waals surface area contributed by atoms with Crippen molar-refractivity contribution in [3.8, 4) is 0 Å². The van der Waals surface area contributed by atoms with Gasteiger partial charge < -0.3 is 4.55 Å². The molecule has 2 rings (SSSR count). The number of nitrogens with one attached hydrogen (secondary N) is 2. The van der Waals surface area contributed by atoms with Crippen molar-refractivity contribution in [2.24, 2.45) is 4.99 Å². The quantitative estimate of drug-likeness (QED) is 0.763. The van der Waals surface area contributed by atoms with E-state index in [9.17, 15) is 4.55 Å². The first-order chi connectivity index (χ1) is 9.47. The normalized spacial score (nSPS) is 28.2. The van der Waals surface area contributed by atoms with Gasteiger partial charge in [0, 0.05) is 18.1 Å². The number of guanidine groups is 1. The van der Waals surface area contributed by atoms with E-state index in [0.29, 0.717) is 22.3 Å².